The molecule has 1 amide bonds. The molecule has 0 saturated carbocycles. The van der Waals surface area contributed by atoms with Gasteiger partial charge in [0.05, 0.1) is 5.34 Å². The van der Waals surface area contributed by atoms with Gasteiger partial charge in [-0.2, -0.15) is 0 Å². The maximum atomic E-state index is 10.2. The Kier molecular flexibility index (Phi) is 2.27. The van der Waals surface area contributed by atoms with E-state index in [0.717, 1.165) is 6.41 Å². The lowest BCUT2D eigenvalue weighted by Crippen LogP contribution is -2.39. The Morgan fingerprint density at radius 3 is 2.40 bits per heavy atom. The summed E-state index contributed by atoms with van der Waals surface area (Å²) >= 11 is 0. The summed E-state index contributed by atoms with van der Waals surface area (Å²) in [7, 11) is 2.41. The highest BCUT2D eigenvalue weighted by Gasteiger charge is 2.26. The number of aliphatic hydroxyl groups is 1. The van der Waals surface area contributed by atoms with Gasteiger partial charge in [-0.15, -0.1) is 9.24 Å². The van der Waals surface area contributed by atoms with E-state index in [1.54, 1.807) is 4.90 Å². The minimum atomic E-state index is -0.625. The molecular formula is C6H12NO2P. The van der Waals surface area contributed by atoms with E-state index in [-0.39, 0.29) is 0 Å². The first-order chi connectivity index (χ1) is 4.64. The Morgan fingerprint density at radius 2 is 2.00 bits per heavy atom. The maximum Gasteiger partial charge on any atom is 0.209 e. The highest BCUT2D eigenvalue weighted by molar-refractivity contribution is 7.18. The van der Waals surface area contributed by atoms with E-state index < -0.39 is 5.34 Å². The number of nitrogens with zero attached hydrogens (tertiary/aromatic N) is 1. The lowest BCUT2D eigenvalue weighted by atomic mass is 10.1. The highest BCUT2D eigenvalue weighted by Crippen LogP contribution is 2.27. The highest BCUT2D eigenvalue weighted by atomic mass is 31.0. The first-order valence-electron chi connectivity index (χ1n) is 3.35. The van der Waals surface area contributed by atoms with E-state index in [0.29, 0.717) is 25.9 Å². The van der Waals surface area contributed by atoms with Crippen molar-refractivity contribution < 1.29 is 9.90 Å². The van der Waals surface area contributed by atoms with Gasteiger partial charge in [-0.25, -0.2) is 0 Å². The van der Waals surface area contributed by atoms with Crippen molar-refractivity contribution in [3.8, 4) is 0 Å². The van der Waals surface area contributed by atoms with Gasteiger partial charge >= 0.3 is 0 Å². The summed E-state index contributed by atoms with van der Waals surface area (Å²) in [5.41, 5.74) is 0. The van der Waals surface area contributed by atoms with Crippen LogP contribution in [-0.4, -0.2) is 34.8 Å². The topological polar surface area (TPSA) is 40.5 Å². The minimum absolute atomic E-state index is 0.625. The third-order valence-corrected chi connectivity index (χ3v) is 2.39. The second-order valence-electron chi connectivity index (χ2n) is 2.74. The Labute approximate surface area is 62.6 Å². The number of carbonyl (C=O) groups excluding carboxylic acids is 1. The number of hydrogen-bond acceptors (Lipinski definition) is 2. The van der Waals surface area contributed by atoms with Crippen LogP contribution in [0.3, 0.4) is 0 Å². The molecule has 1 N–H and O–H groups in total. The van der Waals surface area contributed by atoms with Gasteiger partial charge in [0, 0.05) is 13.1 Å². The smallest absolute Gasteiger partial charge is 0.209 e. The zero-order valence-electron chi connectivity index (χ0n) is 5.79. The molecule has 0 spiro atoms. The van der Waals surface area contributed by atoms with Gasteiger partial charge in [0.15, 0.2) is 0 Å². The Hall–Kier alpha value is -0.140. The molecule has 0 bridgehead atoms. The van der Waals surface area contributed by atoms with Gasteiger partial charge in [0.2, 0.25) is 6.41 Å². The number of amides is 1. The molecule has 0 aliphatic carbocycles. The van der Waals surface area contributed by atoms with Gasteiger partial charge in [-0.1, -0.05) is 0 Å². The van der Waals surface area contributed by atoms with Gasteiger partial charge in [-0.3, -0.25) is 4.79 Å². The van der Waals surface area contributed by atoms with Crippen LogP contribution in [-0.2, 0) is 4.79 Å². The minimum Gasteiger partial charge on any atom is -0.386 e. The molecule has 1 rings (SSSR count). The lowest BCUT2D eigenvalue weighted by molar-refractivity contribution is -0.120. The number of rotatable bonds is 1. The summed E-state index contributed by atoms with van der Waals surface area (Å²) in [5.74, 6) is 0. The van der Waals surface area contributed by atoms with Crippen LogP contribution >= 0.6 is 9.24 Å². The van der Waals surface area contributed by atoms with Crippen LogP contribution in [0.4, 0.5) is 0 Å². The zero-order valence-corrected chi connectivity index (χ0v) is 6.94. The summed E-state index contributed by atoms with van der Waals surface area (Å²) in [6.07, 6.45) is 2.16. The van der Waals surface area contributed by atoms with Crippen molar-refractivity contribution in [2.45, 2.75) is 18.2 Å². The van der Waals surface area contributed by atoms with E-state index >= 15 is 0 Å². The number of likely N-dealkylation sites (tertiary alicyclic amines) is 1. The van der Waals surface area contributed by atoms with Crippen LogP contribution < -0.4 is 0 Å². The maximum absolute atomic E-state index is 10.2. The second kappa shape index (κ2) is 2.85. The van der Waals surface area contributed by atoms with Crippen LogP contribution in [0.1, 0.15) is 12.8 Å². The molecule has 1 atom stereocenters. The zero-order chi connectivity index (χ0) is 7.61. The third-order valence-electron chi connectivity index (χ3n) is 1.81. The average molecular weight is 161 g/mol. The van der Waals surface area contributed by atoms with Gasteiger partial charge in [0.1, 0.15) is 0 Å². The Bertz CT molecular complexity index is 128. The molecule has 1 unspecified atom stereocenters. The fourth-order valence-corrected chi connectivity index (χ4v) is 1.27. The van der Waals surface area contributed by atoms with E-state index in [2.05, 4.69) is 9.24 Å². The van der Waals surface area contributed by atoms with Crippen LogP contribution in [0.15, 0.2) is 0 Å². The van der Waals surface area contributed by atoms with Crippen molar-refractivity contribution in [2.24, 2.45) is 0 Å². The van der Waals surface area contributed by atoms with Crippen molar-refractivity contribution in [3.05, 3.63) is 0 Å². The van der Waals surface area contributed by atoms with Gasteiger partial charge < -0.3 is 10.0 Å². The Morgan fingerprint density at radius 1 is 1.50 bits per heavy atom. The molecule has 3 nitrogen and oxygen atoms in total. The summed E-state index contributed by atoms with van der Waals surface area (Å²) in [6.45, 7) is 1.34. The van der Waals surface area contributed by atoms with E-state index in [4.69, 9.17) is 0 Å². The summed E-state index contributed by atoms with van der Waals surface area (Å²) in [4.78, 5) is 11.9. The largest absolute Gasteiger partial charge is 0.386 e. The standard InChI is InChI=1S/C6H12NO2P/c8-5-7-3-1-6(9,10)2-4-7/h5,9H,1-4,10H2. The van der Waals surface area contributed by atoms with Crippen LogP contribution in [0, 0.1) is 0 Å². The van der Waals surface area contributed by atoms with Crippen molar-refractivity contribution >= 4 is 15.6 Å². The Balaban J connectivity index is 2.38. The van der Waals surface area contributed by atoms with E-state index in [1.165, 1.54) is 0 Å². The fourth-order valence-electron chi connectivity index (χ4n) is 1.02. The average Bonchev–Trinajstić information content (AvgIpc) is 1.88. The van der Waals surface area contributed by atoms with Gasteiger partial charge in [-0.05, 0) is 12.8 Å². The summed E-state index contributed by atoms with van der Waals surface area (Å²) in [6, 6.07) is 0. The van der Waals surface area contributed by atoms with Crippen molar-refractivity contribution in [1.29, 1.82) is 0 Å². The molecule has 1 aliphatic rings. The van der Waals surface area contributed by atoms with Crippen LogP contribution in [0.2, 0.25) is 0 Å². The van der Waals surface area contributed by atoms with Crippen molar-refractivity contribution in [2.75, 3.05) is 13.1 Å². The molecule has 0 aromatic carbocycles. The third kappa shape index (κ3) is 1.93. The molecule has 1 heterocycles. The molecule has 0 aromatic heterocycles. The summed E-state index contributed by atoms with van der Waals surface area (Å²) < 4.78 is 0. The number of piperidine rings is 1. The molecule has 4 heteroatoms. The molecule has 58 valence electrons. The van der Waals surface area contributed by atoms with Gasteiger partial charge in [0.25, 0.3) is 0 Å². The van der Waals surface area contributed by atoms with Crippen LogP contribution in [0.25, 0.3) is 0 Å². The normalized spacial score (nSPS) is 24.4. The monoisotopic (exact) mass is 161 g/mol. The lowest BCUT2D eigenvalue weighted by Gasteiger charge is -2.33. The molecule has 1 saturated heterocycles. The second-order valence-corrected chi connectivity index (χ2v) is 3.82. The van der Waals surface area contributed by atoms with Crippen molar-refractivity contribution in [1.82, 2.24) is 4.90 Å². The predicted molar refractivity (Wildman–Crippen MR) is 41.5 cm³/mol. The first-order valence-corrected chi connectivity index (χ1v) is 3.92. The first kappa shape index (κ1) is 7.96. The molecular weight excluding hydrogens is 149 g/mol. The molecule has 1 fully saturated rings. The quantitative estimate of drug-likeness (QED) is 0.427. The molecule has 10 heavy (non-hydrogen) atoms. The molecule has 1 aliphatic heterocycles. The molecule has 0 radical (unpaired) electrons. The predicted octanol–water partition coefficient (Wildman–Crippen LogP) is -0.198. The summed E-state index contributed by atoms with van der Waals surface area (Å²) in [5, 5.41) is 8.78. The number of carbonyl (C=O) groups is 1. The van der Waals surface area contributed by atoms with E-state index in [9.17, 15) is 9.90 Å². The van der Waals surface area contributed by atoms with Crippen molar-refractivity contribution in [3.63, 3.8) is 0 Å². The fraction of sp³-hybridized carbons (Fsp3) is 0.833. The SMILES string of the molecule is O=CN1CCC(O)(P)CC1. The number of hydrogen-bond donors (Lipinski definition) is 1. The molecule has 0 aromatic rings. The van der Waals surface area contributed by atoms with Crippen LogP contribution in [0.5, 0.6) is 0 Å². The van der Waals surface area contributed by atoms with E-state index in [1.807, 2.05) is 0 Å².